The lowest BCUT2D eigenvalue weighted by Gasteiger charge is -2.21. The van der Waals surface area contributed by atoms with Gasteiger partial charge >= 0.3 is 0 Å². The average molecular weight is 302 g/mol. The van der Waals surface area contributed by atoms with Crippen LogP contribution in [0.5, 0.6) is 0 Å². The smallest absolute Gasteiger partial charge is 0.194 e. The van der Waals surface area contributed by atoms with Crippen LogP contribution >= 0.6 is 0 Å². The summed E-state index contributed by atoms with van der Waals surface area (Å²) in [6, 6.07) is 1.84. The Kier molecular flexibility index (Phi) is 4.41. The van der Waals surface area contributed by atoms with Crippen LogP contribution in [0.15, 0.2) is 34.2 Å². The Labute approximate surface area is 130 Å². The topological polar surface area (TPSA) is 71.5 Å². The summed E-state index contributed by atoms with van der Waals surface area (Å²) in [5.74, 6) is 1.46. The summed E-state index contributed by atoms with van der Waals surface area (Å²) in [5, 5.41) is 11.5. The van der Waals surface area contributed by atoms with Gasteiger partial charge in [0.25, 0.3) is 0 Å². The predicted molar refractivity (Wildman–Crippen MR) is 83.5 cm³/mol. The van der Waals surface area contributed by atoms with Gasteiger partial charge < -0.3 is 14.7 Å². The highest BCUT2D eigenvalue weighted by atomic mass is 16.5. The number of likely N-dealkylation sites (tertiary alicyclic amines) is 1. The van der Waals surface area contributed by atoms with E-state index < -0.39 is 0 Å². The summed E-state index contributed by atoms with van der Waals surface area (Å²) in [5.41, 5.74) is 2.15. The Morgan fingerprint density at radius 2 is 2.45 bits per heavy atom. The second-order valence-corrected chi connectivity index (χ2v) is 5.54. The molecule has 0 radical (unpaired) electrons. The van der Waals surface area contributed by atoms with Gasteiger partial charge in [-0.2, -0.15) is 5.10 Å². The third-order valence-electron chi connectivity index (χ3n) is 3.90. The Bertz CT molecular complexity index is 618. The molecule has 0 aromatic carbocycles. The Morgan fingerprint density at radius 1 is 1.55 bits per heavy atom. The molecule has 1 aliphatic rings. The molecule has 1 atom stereocenters. The number of nitrogens with one attached hydrogen (secondary N) is 1. The third kappa shape index (κ3) is 3.29. The van der Waals surface area contributed by atoms with E-state index in [-0.39, 0.29) is 0 Å². The molecular weight excluding hydrogens is 280 g/mol. The first-order chi connectivity index (χ1) is 10.8. The van der Waals surface area contributed by atoms with Crippen molar-refractivity contribution in [2.45, 2.75) is 25.8 Å². The molecule has 3 heterocycles. The van der Waals surface area contributed by atoms with Gasteiger partial charge in [0.2, 0.25) is 0 Å². The predicted octanol–water partition coefficient (Wildman–Crippen LogP) is 1.36. The molecular formula is C15H22N6O. The van der Waals surface area contributed by atoms with E-state index in [1.807, 2.05) is 24.0 Å². The highest BCUT2D eigenvalue weighted by Gasteiger charge is 2.26. The Hall–Kier alpha value is -2.31. The van der Waals surface area contributed by atoms with Crippen LogP contribution in [0.25, 0.3) is 0 Å². The van der Waals surface area contributed by atoms with Gasteiger partial charge in [-0.15, -0.1) is 0 Å². The van der Waals surface area contributed by atoms with Crippen LogP contribution in [-0.2, 0) is 13.6 Å². The first kappa shape index (κ1) is 14.6. The number of guanidine groups is 1. The lowest BCUT2D eigenvalue weighted by atomic mass is 10.0. The minimum Gasteiger partial charge on any atom is -0.364 e. The molecule has 1 fully saturated rings. The van der Waals surface area contributed by atoms with E-state index in [9.17, 15) is 0 Å². The van der Waals surface area contributed by atoms with Crippen LogP contribution in [0, 0.1) is 0 Å². The summed E-state index contributed by atoms with van der Waals surface area (Å²) in [4.78, 5) is 6.97. The number of hydrogen-bond donors (Lipinski definition) is 1. The molecule has 1 N–H and O–H groups in total. The molecule has 0 bridgehead atoms. The SMILES string of the molecule is CCNC(=NCc1ccon1)N1CCC(c2cnn(C)c2)C1. The molecule has 3 rings (SSSR count). The lowest BCUT2D eigenvalue weighted by molar-refractivity contribution is 0.411. The van der Waals surface area contributed by atoms with E-state index in [0.29, 0.717) is 12.5 Å². The quantitative estimate of drug-likeness (QED) is 0.682. The van der Waals surface area contributed by atoms with E-state index in [1.165, 1.54) is 5.56 Å². The Morgan fingerprint density at radius 3 is 3.14 bits per heavy atom. The normalized spacial score (nSPS) is 18.9. The molecule has 0 aliphatic carbocycles. The van der Waals surface area contributed by atoms with Crippen molar-refractivity contribution in [1.82, 2.24) is 25.2 Å². The Balaban J connectivity index is 1.66. The van der Waals surface area contributed by atoms with Crippen LogP contribution in [0.3, 0.4) is 0 Å². The van der Waals surface area contributed by atoms with Gasteiger partial charge in [0.1, 0.15) is 12.0 Å². The van der Waals surface area contributed by atoms with E-state index >= 15 is 0 Å². The van der Waals surface area contributed by atoms with Crippen molar-refractivity contribution in [3.8, 4) is 0 Å². The van der Waals surface area contributed by atoms with Gasteiger partial charge in [0, 0.05) is 44.9 Å². The third-order valence-corrected chi connectivity index (χ3v) is 3.90. The van der Waals surface area contributed by atoms with Gasteiger partial charge in [-0.1, -0.05) is 5.16 Å². The van der Waals surface area contributed by atoms with Crippen LogP contribution < -0.4 is 5.32 Å². The molecule has 0 spiro atoms. The minimum atomic E-state index is 0.518. The zero-order valence-electron chi connectivity index (χ0n) is 13.1. The molecule has 2 aromatic rings. The first-order valence-corrected chi connectivity index (χ1v) is 7.67. The standard InChI is InChI=1S/C15H22N6O/c1-3-16-15(17-9-14-5-7-22-19-14)21-6-4-12(11-21)13-8-18-20(2)10-13/h5,7-8,10,12H,3-4,6,9,11H2,1-2H3,(H,16,17). The van der Waals surface area contributed by atoms with Crippen LogP contribution in [-0.4, -0.2) is 45.4 Å². The summed E-state index contributed by atoms with van der Waals surface area (Å²) >= 11 is 0. The minimum absolute atomic E-state index is 0.518. The maximum absolute atomic E-state index is 4.85. The molecule has 7 heteroatoms. The van der Waals surface area contributed by atoms with Crippen molar-refractivity contribution >= 4 is 5.96 Å². The first-order valence-electron chi connectivity index (χ1n) is 7.67. The maximum atomic E-state index is 4.85. The number of hydrogen-bond acceptors (Lipinski definition) is 4. The highest BCUT2D eigenvalue weighted by Crippen LogP contribution is 2.26. The number of rotatable bonds is 4. The van der Waals surface area contributed by atoms with Gasteiger partial charge in [0.05, 0.1) is 12.7 Å². The van der Waals surface area contributed by atoms with Gasteiger partial charge in [-0.05, 0) is 18.9 Å². The number of nitrogens with zero attached hydrogens (tertiary/aromatic N) is 5. The van der Waals surface area contributed by atoms with Crippen molar-refractivity contribution < 1.29 is 4.52 Å². The van der Waals surface area contributed by atoms with E-state index in [1.54, 1.807) is 6.26 Å². The van der Waals surface area contributed by atoms with Gasteiger partial charge in [-0.25, -0.2) is 4.99 Å². The van der Waals surface area contributed by atoms with Crippen molar-refractivity contribution in [2.75, 3.05) is 19.6 Å². The maximum Gasteiger partial charge on any atom is 0.194 e. The zero-order chi connectivity index (χ0) is 15.4. The van der Waals surface area contributed by atoms with Crippen molar-refractivity contribution in [1.29, 1.82) is 0 Å². The molecule has 118 valence electrons. The van der Waals surface area contributed by atoms with E-state index in [0.717, 1.165) is 37.7 Å². The molecule has 0 amide bonds. The van der Waals surface area contributed by atoms with Crippen LogP contribution in [0.2, 0.25) is 0 Å². The fraction of sp³-hybridized carbons (Fsp3) is 0.533. The number of aryl methyl sites for hydroxylation is 1. The molecule has 2 aromatic heterocycles. The van der Waals surface area contributed by atoms with Gasteiger partial charge in [-0.3, -0.25) is 4.68 Å². The average Bonchev–Trinajstić information content (AvgIpc) is 3.24. The summed E-state index contributed by atoms with van der Waals surface area (Å²) in [7, 11) is 1.96. The second-order valence-electron chi connectivity index (χ2n) is 5.54. The number of aromatic nitrogens is 3. The molecule has 22 heavy (non-hydrogen) atoms. The summed E-state index contributed by atoms with van der Waals surface area (Å²) in [6.07, 6.45) is 6.77. The van der Waals surface area contributed by atoms with E-state index in [2.05, 4.69) is 38.6 Å². The molecule has 1 unspecified atom stereocenters. The molecule has 7 nitrogen and oxygen atoms in total. The summed E-state index contributed by atoms with van der Waals surface area (Å²) < 4.78 is 6.71. The van der Waals surface area contributed by atoms with Crippen molar-refractivity contribution in [3.05, 3.63) is 36.0 Å². The highest BCUT2D eigenvalue weighted by molar-refractivity contribution is 5.80. The second kappa shape index (κ2) is 6.64. The van der Waals surface area contributed by atoms with E-state index in [4.69, 9.17) is 4.52 Å². The van der Waals surface area contributed by atoms with Crippen LogP contribution in [0.1, 0.15) is 30.5 Å². The monoisotopic (exact) mass is 302 g/mol. The molecule has 1 saturated heterocycles. The lowest BCUT2D eigenvalue weighted by Crippen LogP contribution is -2.40. The fourth-order valence-electron chi connectivity index (χ4n) is 2.78. The van der Waals surface area contributed by atoms with Gasteiger partial charge in [0.15, 0.2) is 5.96 Å². The van der Waals surface area contributed by atoms with Crippen molar-refractivity contribution in [3.63, 3.8) is 0 Å². The fourth-order valence-corrected chi connectivity index (χ4v) is 2.78. The molecule has 0 saturated carbocycles. The van der Waals surface area contributed by atoms with Crippen molar-refractivity contribution in [2.24, 2.45) is 12.0 Å². The summed E-state index contributed by atoms with van der Waals surface area (Å²) in [6.45, 7) is 5.44. The van der Waals surface area contributed by atoms with Crippen LogP contribution in [0.4, 0.5) is 0 Å². The largest absolute Gasteiger partial charge is 0.364 e. The molecule has 1 aliphatic heterocycles. The number of aliphatic imine (C=N–C) groups is 1. The zero-order valence-corrected chi connectivity index (χ0v) is 13.1.